The SMILES string of the molecule is Cc1cc(O)c(F)c(C2(C(=O)O)CCCCC2)c1. The minimum Gasteiger partial charge on any atom is -0.505 e. The molecule has 0 spiro atoms. The van der Waals surface area contributed by atoms with E-state index in [2.05, 4.69) is 0 Å². The Balaban J connectivity index is 2.59. The maximum absolute atomic E-state index is 14.1. The van der Waals surface area contributed by atoms with Gasteiger partial charge < -0.3 is 10.2 Å². The van der Waals surface area contributed by atoms with Crippen molar-refractivity contribution in [3.05, 3.63) is 29.1 Å². The highest BCUT2D eigenvalue weighted by Gasteiger charge is 2.43. The minimum absolute atomic E-state index is 0.132. The van der Waals surface area contributed by atoms with Gasteiger partial charge in [0.1, 0.15) is 0 Å². The Morgan fingerprint density at radius 3 is 2.44 bits per heavy atom. The summed E-state index contributed by atoms with van der Waals surface area (Å²) in [6.07, 6.45) is 3.40. The van der Waals surface area contributed by atoms with Crippen LogP contribution in [0.25, 0.3) is 0 Å². The molecule has 0 heterocycles. The molecular formula is C14H17FO3. The summed E-state index contributed by atoms with van der Waals surface area (Å²) in [6, 6.07) is 2.87. The lowest BCUT2D eigenvalue weighted by Gasteiger charge is -2.34. The van der Waals surface area contributed by atoms with Gasteiger partial charge in [-0.1, -0.05) is 25.3 Å². The zero-order valence-corrected chi connectivity index (χ0v) is 10.4. The second-order valence-electron chi connectivity index (χ2n) is 5.09. The predicted octanol–water partition coefficient (Wildman–Crippen LogP) is 3.13. The van der Waals surface area contributed by atoms with Crippen LogP contribution in [0, 0.1) is 12.7 Å². The lowest BCUT2D eigenvalue weighted by atomic mass is 9.69. The number of carboxylic acids is 1. The molecule has 0 radical (unpaired) electrons. The van der Waals surface area contributed by atoms with Crippen LogP contribution >= 0.6 is 0 Å². The monoisotopic (exact) mass is 252 g/mol. The van der Waals surface area contributed by atoms with Gasteiger partial charge in [0.25, 0.3) is 0 Å². The number of aryl methyl sites for hydroxylation is 1. The Morgan fingerprint density at radius 1 is 1.28 bits per heavy atom. The highest BCUT2D eigenvalue weighted by atomic mass is 19.1. The first-order chi connectivity index (χ1) is 8.47. The van der Waals surface area contributed by atoms with Gasteiger partial charge in [-0.15, -0.1) is 0 Å². The molecular weight excluding hydrogens is 235 g/mol. The molecule has 0 aliphatic heterocycles. The molecule has 1 aliphatic rings. The van der Waals surface area contributed by atoms with Crippen LogP contribution in [0.2, 0.25) is 0 Å². The average molecular weight is 252 g/mol. The van der Waals surface area contributed by atoms with E-state index < -0.39 is 23.0 Å². The van der Waals surface area contributed by atoms with Crippen molar-refractivity contribution in [1.82, 2.24) is 0 Å². The van der Waals surface area contributed by atoms with Gasteiger partial charge in [-0.2, -0.15) is 0 Å². The van der Waals surface area contributed by atoms with Gasteiger partial charge in [0, 0.05) is 5.56 Å². The molecule has 1 aromatic rings. The summed E-state index contributed by atoms with van der Waals surface area (Å²) in [4.78, 5) is 11.6. The van der Waals surface area contributed by atoms with Gasteiger partial charge >= 0.3 is 5.97 Å². The maximum Gasteiger partial charge on any atom is 0.314 e. The number of carboxylic acid groups (broad SMARTS) is 1. The third-order valence-corrected chi connectivity index (χ3v) is 3.83. The van der Waals surface area contributed by atoms with E-state index in [4.69, 9.17) is 0 Å². The van der Waals surface area contributed by atoms with Crippen LogP contribution < -0.4 is 0 Å². The number of benzene rings is 1. The fourth-order valence-corrected chi connectivity index (χ4v) is 2.85. The van der Waals surface area contributed by atoms with E-state index >= 15 is 0 Å². The Hall–Kier alpha value is -1.58. The molecule has 1 saturated carbocycles. The van der Waals surface area contributed by atoms with E-state index in [9.17, 15) is 19.4 Å². The topological polar surface area (TPSA) is 57.5 Å². The zero-order chi connectivity index (χ0) is 13.3. The first kappa shape index (κ1) is 12.9. The number of hydrogen-bond acceptors (Lipinski definition) is 2. The molecule has 0 aromatic heterocycles. The number of hydrogen-bond donors (Lipinski definition) is 2. The fourth-order valence-electron chi connectivity index (χ4n) is 2.85. The van der Waals surface area contributed by atoms with E-state index in [0.29, 0.717) is 18.4 Å². The lowest BCUT2D eigenvalue weighted by Crippen LogP contribution is -2.38. The number of rotatable bonds is 2. The fraction of sp³-hybridized carbons (Fsp3) is 0.500. The van der Waals surface area contributed by atoms with Crippen LogP contribution in [0.4, 0.5) is 4.39 Å². The molecule has 1 aliphatic carbocycles. The Kier molecular flexibility index (Phi) is 3.28. The van der Waals surface area contributed by atoms with E-state index in [1.165, 1.54) is 6.07 Å². The summed E-state index contributed by atoms with van der Waals surface area (Å²) >= 11 is 0. The molecule has 1 fully saturated rings. The second-order valence-corrected chi connectivity index (χ2v) is 5.09. The predicted molar refractivity (Wildman–Crippen MR) is 65.2 cm³/mol. The highest BCUT2D eigenvalue weighted by Crippen LogP contribution is 2.42. The van der Waals surface area contributed by atoms with Crippen LogP contribution in [0.5, 0.6) is 5.75 Å². The second kappa shape index (κ2) is 4.59. The lowest BCUT2D eigenvalue weighted by molar-refractivity contribution is -0.145. The van der Waals surface area contributed by atoms with Gasteiger partial charge in [0.05, 0.1) is 5.41 Å². The van der Waals surface area contributed by atoms with Crippen LogP contribution in [-0.4, -0.2) is 16.2 Å². The normalized spacial score (nSPS) is 18.6. The summed E-state index contributed by atoms with van der Waals surface area (Å²) in [7, 11) is 0. The van der Waals surface area contributed by atoms with Crippen LogP contribution in [0.3, 0.4) is 0 Å². The molecule has 0 atom stereocenters. The smallest absolute Gasteiger partial charge is 0.314 e. The number of phenolic OH excluding ortho intramolecular Hbond substituents is 1. The number of phenols is 1. The van der Waals surface area contributed by atoms with Crippen molar-refractivity contribution in [2.24, 2.45) is 0 Å². The molecule has 18 heavy (non-hydrogen) atoms. The summed E-state index contributed by atoms with van der Waals surface area (Å²) in [5, 5.41) is 19.0. The standard InChI is InChI=1S/C14H17FO3/c1-9-7-10(12(15)11(16)8-9)14(13(17)18)5-3-2-4-6-14/h7-8,16H,2-6H2,1H3,(H,17,18). The van der Waals surface area contributed by atoms with E-state index in [-0.39, 0.29) is 5.56 Å². The quantitative estimate of drug-likeness (QED) is 0.850. The van der Waals surface area contributed by atoms with Crippen molar-refractivity contribution in [3.63, 3.8) is 0 Å². The van der Waals surface area contributed by atoms with Crippen LogP contribution in [0.1, 0.15) is 43.2 Å². The summed E-state index contributed by atoms with van der Waals surface area (Å²) in [5.41, 5.74) is -0.367. The number of aliphatic carboxylic acids is 1. The molecule has 3 nitrogen and oxygen atoms in total. The van der Waals surface area contributed by atoms with Gasteiger partial charge in [-0.3, -0.25) is 4.79 Å². The third kappa shape index (κ3) is 1.96. The largest absolute Gasteiger partial charge is 0.505 e. The first-order valence-corrected chi connectivity index (χ1v) is 6.20. The van der Waals surface area contributed by atoms with Crippen molar-refractivity contribution in [2.75, 3.05) is 0 Å². The molecule has 4 heteroatoms. The van der Waals surface area contributed by atoms with E-state index in [0.717, 1.165) is 19.3 Å². The summed E-state index contributed by atoms with van der Waals surface area (Å²) in [6.45, 7) is 1.72. The average Bonchev–Trinajstić information content (AvgIpc) is 2.34. The van der Waals surface area contributed by atoms with Crippen molar-refractivity contribution < 1.29 is 19.4 Å². The van der Waals surface area contributed by atoms with Crippen molar-refractivity contribution in [1.29, 1.82) is 0 Å². The van der Waals surface area contributed by atoms with Crippen LogP contribution in [0.15, 0.2) is 12.1 Å². The van der Waals surface area contributed by atoms with Crippen molar-refractivity contribution in [2.45, 2.75) is 44.4 Å². The molecule has 0 unspecified atom stereocenters. The minimum atomic E-state index is -1.17. The molecule has 0 bridgehead atoms. The Bertz CT molecular complexity index is 476. The molecule has 2 N–H and O–H groups in total. The summed E-state index contributed by atoms with van der Waals surface area (Å²) in [5.74, 6) is -2.24. The highest BCUT2D eigenvalue weighted by molar-refractivity contribution is 5.82. The van der Waals surface area contributed by atoms with Gasteiger partial charge in [0.2, 0.25) is 0 Å². The molecule has 2 rings (SSSR count). The number of carbonyl (C=O) groups is 1. The zero-order valence-electron chi connectivity index (χ0n) is 10.4. The molecule has 98 valence electrons. The molecule has 1 aromatic carbocycles. The number of aromatic hydroxyl groups is 1. The first-order valence-electron chi connectivity index (χ1n) is 6.20. The molecule has 0 amide bonds. The third-order valence-electron chi connectivity index (χ3n) is 3.83. The van der Waals surface area contributed by atoms with Gasteiger partial charge in [-0.25, -0.2) is 4.39 Å². The van der Waals surface area contributed by atoms with Gasteiger partial charge in [0.15, 0.2) is 11.6 Å². The van der Waals surface area contributed by atoms with E-state index in [1.54, 1.807) is 13.0 Å². The Labute approximate surface area is 105 Å². The van der Waals surface area contributed by atoms with Crippen molar-refractivity contribution >= 4 is 5.97 Å². The maximum atomic E-state index is 14.1. The van der Waals surface area contributed by atoms with Crippen LogP contribution in [-0.2, 0) is 10.2 Å². The number of halogens is 1. The molecule has 0 saturated heterocycles. The van der Waals surface area contributed by atoms with Gasteiger partial charge in [-0.05, 0) is 31.4 Å². The Morgan fingerprint density at radius 2 is 1.89 bits per heavy atom. The van der Waals surface area contributed by atoms with Crippen molar-refractivity contribution in [3.8, 4) is 5.75 Å². The van der Waals surface area contributed by atoms with E-state index in [1.807, 2.05) is 0 Å². The summed E-state index contributed by atoms with van der Waals surface area (Å²) < 4.78 is 14.1.